The van der Waals surface area contributed by atoms with Gasteiger partial charge in [0.15, 0.2) is 16.6 Å². The Balaban J connectivity index is 0.000000178. The molecule has 0 N–H and O–H groups in total. The number of amides is 4. The SMILES string of the molecule is C=C[C@@H]1O[C@H](CC(CN2C(=O)c3ccccc3C2=O)O[Si](C)(C)C(C)(C)C)[C@H](C)C1CCc1ccccc1.CP(Br)(c1ccccc1)(c1ccccc1)c1ccccc1.C[C@@H]1C(CCc2ccccc2)[C@H](C=O)O[C@@H]1CC(CN1C(=O)c2ccccc2C1=O)O[Si](C)(C)C(C)(C)C. The zero-order valence-corrected chi connectivity index (χ0v) is 63.7. The van der Waals surface area contributed by atoms with Gasteiger partial charge in [0, 0.05) is 12.8 Å². The zero-order chi connectivity index (χ0) is 70.1. The molecule has 0 radical (unpaired) electrons. The van der Waals surface area contributed by atoms with E-state index in [9.17, 15) is 24.0 Å². The Morgan fingerprint density at radius 2 is 0.763 bits per heavy atom. The second-order valence-corrected chi connectivity index (χ2v) is 49.4. The minimum absolute atomic E-state index is 0.00272. The minimum atomic E-state index is -2.56. The maximum absolute atomic E-state index is 13.2. The molecule has 7 aromatic rings. The Kier molecular flexibility index (Phi) is 24.1. The van der Waals surface area contributed by atoms with Gasteiger partial charge < -0.3 is 23.1 Å². The van der Waals surface area contributed by atoms with Crippen LogP contribution in [0.1, 0.15) is 134 Å². The molecular weight excluding hydrogens is 1320 g/mol. The quantitative estimate of drug-likeness (QED) is 0.0202. The van der Waals surface area contributed by atoms with Crippen LogP contribution in [0, 0.1) is 23.7 Å². The molecule has 4 unspecified atom stereocenters. The van der Waals surface area contributed by atoms with Gasteiger partial charge in [0.05, 0.1) is 65.9 Å². The third kappa shape index (κ3) is 16.8. The van der Waals surface area contributed by atoms with Gasteiger partial charge in [-0.1, -0.05) is 146 Å². The largest absolute Gasteiger partial charge is 0.412 e. The molecule has 0 spiro atoms. The topological polar surface area (TPSA) is 129 Å². The number of fused-ring (bicyclic) bond motifs is 2. The number of carbonyl (C=O) groups excluding carboxylic acids is 5. The smallest absolute Gasteiger partial charge is 0.261 e. The average Bonchev–Trinajstić information content (AvgIpc) is 1.67. The van der Waals surface area contributed by atoms with E-state index in [0.29, 0.717) is 46.9 Å². The van der Waals surface area contributed by atoms with Gasteiger partial charge in [-0.15, -0.1) is 6.58 Å². The fourth-order valence-corrected chi connectivity index (χ4v) is 22.1. The number of rotatable bonds is 23. The van der Waals surface area contributed by atoms with Crippen LogP contribution in [0.3, 0.4) is 0 Å². The number of hydrogen-bond donors (Lipinski definition) is 0. The summed E-state index contributed by atoms with van der Waals surface area (Å²) in [6.45, 7) is 33.2. The summed E-state index contributed by atoms with van der Waals surface area (Å²) < 4.78 is 26.6. The molecule has 15 heteroatoms. The molecule has 11 rings (SSSR count). The van der Waals surface area contributed by atoms with Crippen molar-refractivity contribution in [2.45, 2.75) is 167 Å². The molecular formula is C82H102BrN2O9PSi2. The fourth-order valence-electron chi connectivity index (χ4n) is 13.8. The normalized spacial score (nSPS) is 22.1. The fraction of sp³-hybridized carbons (Fsp3) is 0.402. The number of aryl methyl sites for hydroxylation is 2. The van der Waals surface area contributed by atoms with Crippen LogP contribution < -0.4 is 15.9 Å². The van der Waals surface area contributed by atoms with E-state index in [-0.39, 0.29) is 89.2 Å². The van der Waals surface area contributed by atoms with Gasteiger partial charge in [-0.3, -0.25) is 29.0 Å². The summed E-state index contributed by atoms with van der Waals surface area (Å²) in [5.41, 5.74) is 4.41. The first-order valence-corrected chi connectivity index (χ1v) is 45.1. The molecule has 514 valence electrons. The molecule has 0 aliphatic carbocycles. The number of benzene rings is 7. The van der Waals surface area contributed by atoms with E-state index in [2.05, 4.69) is 238 Å². The number of halogens is 1. The molecule has 4 aliphatic rings. The first kappa shape index (κ1) is 74.6. The molecule has 11 nitrogen and oxygen atoms in total. The average molecular weight is 1430 g/mol. The Bertz CT molecular complexity index is 3470. The molecule has 10 atom stereocenters. The van der Waals surface area contributed by atoms with Crippen LogP contribution in [0.15, 0.2) is 213 Å². The summed E-state index contributed by atoms with van der Waals surface area (Å²) >= 11 is 4.24. The molecule has 2 saturated heterocycles. The summed E-state index contributed by atoms with van der Waals surface area (Å²) in [7, 11) is -4.42. The van der Waals surface area contributed by atoms with Crippen LogP contribution >= 0.6 is 20.8 Å². The number of aldehydes is 1. The minimum Gasteiger partial charge on any atom is -0.412 e. The van der Waals surface area contributed by atoms with Crippen LogP contribution in [0.5, 0.6) is 0 Å². The van der Waals surface area contributed by atoms with Crippen LogP contribution in [0.4, 0.5) is 0 Å². The van der Waals surface area contributed by atoms with Gasteiger partial charge in [0.1, 0.15) is 12.4 Å². The first-order valence-electron chi connectivity index (χ1n) is 34.6. The van der Waals surface area contributed by atoms with E-state index in [1.807, 2.05) is 30.3 Å². The number of nitrogens with zero attached hydrogens (tertiary/aromatic N) is 2. The van der Waals surface area contributed by atoms with E-state index in [1.54, 1.807) is 48.5 Å². The number of ether oxygens (including phenoxy) is 2. The van der Waals surface area contributed by atoms with E-state index in [4.69, 9.17) is 18.3 Å². The van der Waals surface area contributed by atoms with Crippen molar-refractivity contribution in [3.63, 3.8) is 0 Å². The Morgan fingerprint density at radius 3 is 1.05 bits per heavy atom. The second-order valence-electron chi connectivity index (χ2n) is 30.2. The van der Waals surface area contributed by atoms with Crippen LogP contribution in [-0.4, -0.2) is 113 Å². The standard InChI is InChI=1S/C32H43NO4Si.C31H41NO5Si.C19H18BrP/c1-8-28-25(19-18-23-14-10-9-11-15-23)22(2)29(36-28)20-24(37-38(6,7)32(3,4)5)21-33-30(34)26-16-12-13-17-27(26)31(33)35;1-21-24(17-16-22-12-8-7-9-13-22)28(20-33)36-27(21)18-23(37-38(5,6)31(2,3)4)19-32-29(34)25-14-10-11-15-26(25)30(32)35;1-21(20,17-11-5-2-6-12-17,18-13-7-3-8-14-18)19-15-9-4-10-16-19/h8-17,22,24-25,28-29H,1,18-21H2,2-7H3;7-15,20-21,23-24,27-28H,16-19H2,1-6H3;2-16H,1H3/t22-,24?,25?,28+,29-;21-,23?,24?,27-,28+;/m11./s1. The van der Waals surface area contributed by atoms with Gasteiger partial charge in [-0.05, 0) is 121 Å². The van der Waals surface area contributed by atoms with Crippen LogP contribution in [-0.2, 0) is 36.0 Å². The Morgan fingerprint density at radius 1 is 0.485 bits per heavy atom. The molecule has 4 heterocycles. The van der Waals surface area contributed by atoms with Crippen molar-refractivity contribution < 1.29 is 42.3 Å². The Hall–Kier alpha value is -6.59. The van der Waals surface area contributed by atoms with Gasteiger partial charge in [0.2, 0.25) is 0 Å². The molecule has 0 aromatic heterocycles. The van der Waals surface area contributed by atoms with E-state index in [1.165, 1.54) is 36.8 Å². The summed E-state index contributed by atoms with van der Waals surface area (Å²) in [6, 6.07) is 67.2. The summed E-state index contributed by atoms with van der Waals surface area (Å²) in [4.78, 5) is 67.4. The van der Waals surface area contributed by atoms with Crippen molar-refractivity contribution in [2.24, 2.45) is 23.7 Å². The molecule has 4 amide bonds. The van der Waals surface area contributed by atoms with Crippen molar-refractivity contribution >= 4 is 83.3 Å². The zero-order valence-electron chi connectivity index (χ0n) is 59.2. The molecule has 0 bridgehead atoms. The van der Waals surface area contributed by atoms with Crippen LogP contribution in [0.2, 0.25) is 36.3 Å². The molecule has 0 saturated carbocycles. The first-order chi connectivity index (χ1) is 46.0. The van der Waals surface area contributed by atoms with E-state index in [0.717, 1.165) is 32.0 Å². The predicted molar refractivity (Wildman–Crippen MR) is 405 cm³/mol. The van der Waals surface area contributed by atoms with Crippen molar-refractivity contribution in [2.75, 3.05) is 19.8 Å². The van der Waals surface area contributed by atoms with Crippen molar-refractivity contribution in [1.82, 2.24) is 9.80 Å². The third-order valence-electron chi connectivity index (χ3n) is 21.8. The summed E-state index contributed by atoms with van der Waals surface area (Å²) in [5.74, 6) is -0.131. The van der Waals surface area contributed by atoms with Crippen LogP contribution in [0.25, 0.3) is 0 Å². The van der Waals surface area contributed by atoms with Gasteiger partial charge >= 0.3 is 134 Å². The van der Waals surface area contributed by atoms with Gasteiger partial charge in [0.25, 0.3) is 23.6 Å². The van der Waals surface area contributed by atoms with Crippen molar-refractivity contribution in [3.8, 4) is 0 Å². The second kappa shape index (κ2) is 31.3. The molecule has 7 aromatic carbocycles. The van der Waals surface area contributed by atoms with Gasteiger partial charge in [-0.25, -0.2) is 0 Å². The Labute approximate surface area is 588 Å². The summed E-state index contributed by atoms with van der Waals surface area (Å²) in [5, 5.41) is 1.44. The van der Waals surface area contributed by atoms with Crippen molar-refractivity contribution in [1.29, 1.82) is 0 Å². The maximum Gasteiger partial charge on any atom is 0.261 e. The number of carbonyl (C=O) groups is 5. The van der Waals surface area contributed by atoms with Gasteiger partial charge in [-0.2, -0.15) is 0 Å². The van der Waals surface area contributed by atoms with E-state index < -0.39 is 28.0 Å². The third-order valence-corrected chi connectivity index (χ3v) is 39.1. The predicted octanol–water partition coefficient (Wildman–Crippen LogP) is 17.3. The monoisotopic (exact) mass is 1420 g/mol. The number of hydrogen-bond acceptors (Lipinski definition) is 9. The van der Waals surface area contributed by atoms with E-state index >= 15 is 0 Å². The maximum atomic E-state index is 13.2. The van der Waals surface area contributed by atoms with Crippen molar-refractivity contribution in [3.05, 3.63) is 246 Å². The molecule has 2 fully saturated rings. The molecule has 4 aliphatic heterocycles. The summed E-state index contributed by atoms with van der Waals surface area (Å²) in [6.07, 6.45) is 6.36. The number of imide groups is 2. The molecule has 97 heavy (non-hydrogen) atoms.